The van der Waals surface area contributed by atoms with E-state index in [0.29, 0.717) is 23.9 Å². The maximum atomic E-state index is 12.2. The van der Waals surface area contributed by atoms with E-state index in [1.165, 1.54) is 4.90 Å². The largest absolute Gasteiger partial charge is 0.371 e. The molecule has 2 aromatic rings. The first-order valence-electron chi connectivity index (χ1n) is 6.71. The lowest BCUT2D eigenvalue weighted by Gasteiger charge is -2.14. The van der Waals surface area contributed by atoms with Crippen molar-refractivity contribution >= 4 is 5.91 Å². The molecule has 0 aliphatic heterocycles. The highest BCUT2D eigenvalue weighted by atomic mass is 16.5. The van der Waals surface area contributed by atoms with E-state index in [9.17, 15) is 4.79 Å². The smallest absolute Gasteiger partial charge is 0.254 e. The van der Waals surface area contributed by atoms with E-state index in [2.05, 4.69) is 15.1 Å². The summed E-state index contributed by atoms with van der Waals surface area (Å²) < 4.78 is 10.5. The van der Waals surface area contributed by atoms with E-state index in [-0.39, 0.29) is 18.6 Å². The summed E-state index contributed by atoms with van der Waals surface area (Å²) in [6.07, 6.45) is 2.93. The number of hydrogen-bond acceptors (Lipinski definition) is 6. The standard InChI is InChI=1S/C14H18N4O3/c1-4-20-10(2)13-16-12(21-17-13)9-18(3)14(19)11-5-7-15-8-6-11/h5-8,10H,4,9H2,1-3H3/t10-/m0/s1. The van der Waals surface area contributed by atoms with Gasteiger partial charge in [-0.2, -0.15) is 4.98 Å². The summed E-state index contributed by atoms with van der Waals surface area (Å²) in [4.78, 5) is 21.8. The second kappa shape index (κ2) is 6.94. The minimum absolute atomic E-state index is 0.130. The third kappa shape index (κ3) is 3.85. The Morgan fingerprint density at radius 1 is 1.43 bits per heavy atom. The summed E-state index contributed by atoms with van der Waals surface area (Å²) in [7, 11) is 1.68. The quantitative estimate of drug-likeness (QED) is 0.807. The fourth-order valence-corrected chi connectivity index (χ4v) is 1.81. The molecule has 112 valence electrons. The van der Waals surface area contributed by atoms with Gasteiger partial charge in [0.15, 0.2) is 5.82 Å². The maximum absolute atomic E-state index is 12.2. The van der Waals surface area contributed by atoms with Gasteiger partial charge in [0.05, 0.1) is 6.54 Å². The molecule has 0 saturated heterocycles. The van der Waals surface area contributed by atoms with Crippen molar-refractivity contribution in [3.05, 3.63) is 41.8 Å². The Balaban J connectivity index is 2.00. The Morgan fingerprint density at radius 2 is 2.14 bits per heavy atom. The molecular formula is C14H18N4O3. The summed E-state index contributed by atoms with van der Waals surface area (Å²) in [5.74, 6) is 0.730. The Hall–Kier alpha value is -2.28. The molecule has 7 heteroatoms. The summed E-state index contributed by atoms with van der Waals surface area (Å²) in [6, 6.07) is 3.32. The number of nitrogens with zero attached hydrogens (tertiary/aromatic N) is 4. The third-order valence-corrected chi connectivity index (χ3v) is 2.91. The highest BCUT2D eigenvalue weighted by Gasteiger charge is 2.17. The average Bonchev–Trinajstić information content (AvgIpc) is 2.96. The van der Waals surface area contributed by atoms with Gasteiger partial charge in [-0.15, -0.1) is 0 Å². The van der Waals surface area contributed by atoms with E-state index < -0.39 is 0 Å². The van der Waals surface area contributed by atoms with Crippen LogP contribution in [0.25, 0.3) is 0 Å². The Bertz CT molecular complexity index is 585. The van der Waals surface area contributed by atoms with Gasteiger partial charge in [0.25, 0.3) is 5.91 Å². The van der Waals surface area contributed by atoms with E-state index in [0.717, 1.165) is 0 Å². The minimum Gasteiger partial charge on any atom is -0.371 e. The molecule has 0 aromatic carbocycles. The molecule has 0 bridgehead atoms. The maximum Gasteiger partial charge on any atom is 0.254 e. The van der Waals surface area contributed by atoms with Crippen molar-refractivity contribution < 1.29 is 14.1 Å². The molecule has 2 rings (SSSR count). The fraction of sp³-hybridized carbons (Fsp3) is 0.429. The van der Waals surface area contributed by atoms with Gasteiger partial charge in [-0.05, 0) is 26.0 Å². The molecule has 0 spiro atoms. The summed E-state index contributed by atoms with van der Waals surface area (Å²) in [5.41, 5.74) is 0.565. The molecule has 1 amide bonds. The lowest BCUT2D eigenvalue weighted by Crippen LogP contribution is -2.26. The monoisotopic (exact) mass is 290 g/mol. The van der Waals surface area contributed by atoms with Crippen LogP contribution in [0.5, 0.6) is 0 Å². The van der Waals surface area contributed by atoms with E-state index in [4.69, 9.17) is 9.26 Å². The van der Waals surface area contributed by atoms with Crippen LogP contribution in [0.2, 0.25) is 0 Å². The van der Waals surface area contributed by atoms with E-state index in [1.807, 2.05) is 13.8 Å². The van der Waals surface area contributed by atoms with Crippen LogP contribution in [0.1, 0.15) is 42.0 Å². The summed E-state index contributed by atoms with van der Waals surface area (Å²) in [6.45, 7) is 4.57. The lowest BCUT2D eigenvalue weighted by atomic mass is 10.2. The van der Waals surface area contributed by atoms with Crippen molar-refractivity contribution in [2.45, 2.75) is 26.5 Å². The number of ether oxygens (including phenoxy) is 1. The number of aromatic nitrogens is 3. The number of amides is 1. The molecule has 21 heavy (non-hydrogen) atoms. The Kier molecular flexibility index (Phi) is 4.99. The van der Waals surface area contributed by atoms with E-state index >= 15 is 0 Å². The van der Waals surface area contributed by atoms with Crippen LogP contribution >= 0.6 is 0 Å². The van der Waals surface area contributed by atoms with Crippen molar-refractivity contribution in [2.24, 2.45) is 0 Å². The first-order valence-corrected chi connectivity index (χ1v) is 6.71. The highest BCUT2D eigenvalue weighted by molar-refractivity contribution is 5.93. The van der Waals surface area contributed by atoms with Gasteiger partial charge in [0.1, 0.15) is 6.10 Å². The van der Waals surface area contributed by atoms with Gasteiger partial charge in [-0.3, -0.25) is 9.78 Å². The molecule has 0 aliphatic carbocycles. The average molecular weight is 290 g/mol. The molecule has 1 atom stereocenters. The van der Waals surface area contributed by atoms with Crippen LogP contribution in [-0.2, 0) is 11.3 Å². The summed E-state index contributed by atoms with van der Waals surface area (Å²) >= 11 is 0. The number of carbonyl (C=O) groups excluding carboxylic acids is 1. The van der Waals surface area contributed by atoms with Gasteiger partial charge in [-0.25, -0.2) is 0 Å². The van der Waals surface area contributed by atoms with Gasteiger partial charge in [0, 0.05) is 31.6 Å². The van der Waals surface area contributed by atoms with Crippen molar-refractivity contribution in [3.63, 3.8) is 0 Å². The molecule has 0 radical (unpaired) electrons. The number of pyridine rings is 1. The second-order valence-corrected chi connectivity index (χ2v) is 4.54. The topological polar surface area (TPSA) is 81.4 Å². The van der Waals surface area contributed by atoms with E-state index in [1.54, 1.807) is 31.6 Å². The highest BCUT2D eigenvalue weighted by Crippen LogP contribution is 2.14. The molecule has 7 nitrogen and oxygen atoms in total. The Labute approximate surface area is 122 Å². The zero-order valence-corrected chi connectivity index (χ0v) is 12.3. The van der Waals surface area contributed by atoms with Crippen LogP contribution in [0.15, 0.2) is 29.0 Å². The SMILES string of the molecule is CCO[C@@H](C)c1noc(CN(C)C(=O)c2ccncc2)n1. The van der Waals surface area contributed by atoms with Crippen LogP contribution in [0.4, 0.5) is 0 Å². The van der Waals surface area contributed by atoms with Crippen molar-refractivity contribution in [1.82, 2.24) is 20.0 Å². The minimum atomic E-state index is -0.228. The molecular weight excluding hydrogens is 272 g/mol. The van der Waals surface area contributed by atoms with Gasteiger partial charge >= 0.3 is 0 Å². The van der Waals surface area contributed by atoms with Crippen molar-refractivity contribution in [3.8, 4) is 0 Å². The van der Waals surface area contributed by atoms with Crippen molar-refractivity contribution in [1.29, 1.82) is 0 Å². The van der Waals surface area contributed by atoms with Gasteiger partial charge < -0.3 is 14.2 Å². The number of carbonyl (C=O) groups is 1. The van der Waals surface area contributed by atoms with Gasteiger partial charge in [0.2, 0.25) is 5.89 Å². The zero-order chi connectivity index (χ0) is 15.2. The predicted octanol–water partition coefficient (Wildman–Crippen LogP) is 1.83. The molecule has 0 fully saturated rings. The molecule has 0 aliphatic rings. The second-order valence-electron chi connectivity index (χ2n) is 4.54. The molecule has 0 N–H and O–H groups in total. The number of rotatable bonds is 6. The molecule has 0 unspecified atom stereocenters. The summed E-state index contributed by atoms with van der Waals surface area (Å²) in [5, 5.41) is 3.86. The molecule has 0 saturated carbocycles. The number of hydrogen-bond donors (Lipinski definition) is 0. The Morgan fingerprint density at radius 3 is 2.81 bits per heavy atom. The predicted molar refractivity (Wildman–Crippen MR) is 74.4 cm³/mol. The first kappa shape index (κ1) is 15.1. The van der Waals surface area contributed by atoms with Crippen LogP contribution in [0.3, 0.4) is 0 Å². The van der Waals surface area contributed by atoms with Crippen LogP contribution in [0, 0.1) is 0 Å². The van der Waals surface area contributed by atoms with Crippen LogP contribution in [-0.4, -0.2) is 39.6 Å². The molecule has 2 heterocycles. The zero-order valence-electron chi connectivity index (χ0n) is 12.3. The first-order chi connectivity index (χ1) is 10.1. The van der Waals surface area contributed by atoms with Crippen LogP contribution < -0.4 is 0 Å². The van der Waals surface area contributed by atoms with Crippen molar-refractivity contribution in [2.75, 3.05) is 13.7 Å². The third-order valence-electron chi connectivity index (χ3n) is 2.91. The fourth-order valence-electron chi connectivity index (χ4n) is 1.81. The normalized spacial score (nSPS) is 12.1. The lowest BCUT2D eigenvalue weighted by molar-refractivity contribution is 0.0682. The van der Waals surface area contributed by atoms with Gasteiger partial charge in [-0.1, -0.05) is 5.16 Å². The molecule has 2 aromatic heterocycles.